The Morgan fingerprint density at radius 2 is 2.17 bits per heavy atom. The minimum Gasteiger partial charge on any atom is -0.478 e. The Hall–Kier alpha value is -1.62. The number of nitrogens with zero attached hydrogens (tertiary/aromatic N) is 2. The van der Waals surface area contributed by atoms with Crippen molar-refractivity contribution < 1.29 is 4.74 Å². The fourth-order valence-electron chi connectivity index (χ4n) is 1.46. The number of hydrogen-bond acceptors (Lipinski definition) is 4. The first-order valence-corrected chi connectivity index (χ1v) is 6.51. The lowest BCUT2D eigenvalue weighted by Crippen LogP contribution is -2.02. The van der Waals surface area contributed by atoms with E-state index in [4.69, 9.17) is 4.74 Å². The zero-order valence-electron chi connectivity index (χ0n) is 10.1. The lowest BCUT2D eigenvalue weighted by atomic mass is 10.3. The van der Waals surface area contributed by atoms with Crippen LogP contribution in [0.3, 0.4) is 0 Å². The van der Waals surface area contributed by atoms with Gasteiger partial charge in [-0.15, -0.1) is 0 Å². The van der Waals surface area contributed by atoms with Crippen molar-refractivity contribution in [2.45, 2.75) is 13.5 Å². The van der Waals surface area contributed by atoms with Crippen molar-refractivity contribution in [3.63, 3.8) is 0 Å². The van der Waals surface area contributed by atoms with Crippen LogP contribution >= 0.6 is 15.9 Å². The smallest absolute Gasteiger partial charge is 0.213 e. The molecule has 0 atom stereocenters. The first-order chi connectivity index (χ1) is 8.78. The summed E-state index contributed by atoms with van der Waals surface area (Å²) in [5, 5.41) is 3.26. The van der Waals surface area contributed by atoms with E-state index in [0.29, 0.717) is 19.0 Å². The van der Waals surface area contributed by atoms with Gasteiger partial charge in [-0.3, -0.25) is 0 Å². The molecular formula is C13H14BrN3O. The van der Waals surface area contributed by atoms with Gasteiger partial charge in [-0.2, -0.15) is 0 Å². The Balaban J connectivity index is 1.93. The average molecular weight is 308 g/mol. The Morgan fingerprint density at radius 3 is 2.83 bits per heavy atom. The van der Waals surface area contributed by atoms with Crippen LogP contribution < -0.4 is 10.1 Å². The third-order valence-electron chi connectivity index (χ3n) is 2.27. The van der Waals surface area contributed by atoms with Crippen LogP contribution in [0.5, 0.6) is 5.88 Å². The minimum atomic E-state index is 0.627. The van der Waals surface area contributed by atoms with Gasteiger partial charge in [0.15, 0.2) is 0 Å². The van der Waals surface area contributed by atoms with E-state index in [0.717, 1.165) is 16.0 Å². The van der Waals surface area contributed by atoms with E-state index in [9.17, 15) is 0 Å². The molecule has 1 N–H and O–H groups in total. The summed E-state index contributed by atoms with van der Waals surface area (Å²) < 4.78 is 6.12. The van der Waals surface area contributed by atoms with Crippen LogP contribution in [0.15, 0.2) is 41.1 Å². The van der Waals surface area contributed by atoms with Crippen LogP contribution in [-0.2, 0) is 6.54 Å². The molecule has 0 aliphatic heterocycles. The van der Waals surface area contributed by atoms with Crippen LogP contribution in [0.25, 0.3) is 0 Å². The summed E-state index contributed by atoms with van der Waals surface area (Å²) >= 11 is 3.35. The second-order valence-electron chi connectivity index (χ2n) is 3.62. The number of ether oxygens (including phenoxy) is 1. The maximum Gasteiger partial charge on any atom is 0.213 e. The maximum absolute atomic E-state index is 5.28. The predicted octanol–water partition coefficient (Wildman–Crippen LogP) is 3.25. The molecule has 2 rings (SSSR count). The number of nitrogens with one attached hydrogen (secondary N) is 1. The quantitative estimate of drug-likeness (QED) is 0.861. The van der Waals surface area contributed by atoms with Crippen LogP contribution in [0.4, 0.5) is 5.69 Å². The van der Waals surface area contributed by atoms with Gasteiger partial charge in [0, 0.05) is 6.07 Å². The van der Waals surface area contributed by atoms with Crippen molar-refractivity contribution in [2.75, 3.05) is 11.9 Å². The predicted molar refractivity (Wildman–Crippen MR) is 74.7 cm³/mol. The number of pyridine rings is 2. The van der Waals surface area contributed by atoms with Gasteiger partial charge < -0.3 is 10.1 Å². The molecule has 0 radical (unpaired) electrons. The summed E-state index contributed by atoms with van der Waals surface area (Å²) in [4.78, 5) is 8.53. The van der Waals surface area contributed by atoms with Gasteiger partial charge in [-0.05, 0) is 41.1 Å². The molecule has 5 heteroatoms. The van der Waals surface area contributed by atoms with E-state index in [1.54, 1.807) is 6.20 Å². The molecule has 18 heavy (non-hydrogen) atoms. The minimum absolute atomic E-state index is 0.627. The fraction of sp³-hybridized carbons (Fsp3) is 0.231. The first kappa shape index (κ1) is 12.8. The van der Waals surface area contributed by atoms with Crippen molar-refractivity contribution in [1.82, 2.24) is 9.97 Å². The Kier molecular flexibility index (Phi) is 4.52. The van der Waals surface area contributed by atoms with Gasteiger partial charge in [0.05, 0.1) is 30.7 Å². The van der Waals surface area contributed by atoms with E-state index in [1.807, 2.05) is 37.3 Å². The van der Waals surface area contributed by atoms with E-state index >= 15 is 0 Å². The molecule has 0 aliphatic rings. The Bertz CT molecular complexity index is 502. The monoisotopic (exact) mass is 307 g/mol. The lowest BCUT2D eigenvalue weighted by Gasteiger charge is -2.07. The molecule has 0 saturated heterocycles. The molecule has 94 valence electrons. The fourth-order valence-corrected chi connectivity index (χ4v) is 1.84. The molecule has 0 amide bonds. The van der Waals surface area contributed by atoms with E-state index in [1.165, 1.54) is 0 Å². The summed E-state index contributed by atoms with van der Waals surface area (Å²) in [5.74, 6) is 0.642. The number of rotatable bonds is 5. The number of hydrogen-bond donors (Lipinski definition) is 1. The summed E-state index contributed by atoms with van der Waals surface area (Å²) in [6, 6.07) is 9.63. The molecule has 0 saturated carbocycles. The SMILES string of the molecule is CCOc1ccc(NCc2cccc(Br)n2)cn1. The molecule has 0 unspecified atom stereocenters. The number of anilines is 1. The second kappa shape index (κ2) is 6.35. The highest BCUT2D eigenvalue weighted by molar-refractivity contribution is 9.10. The standard InChI is InChI=1S/C13H14BrN3O/c1-2-18-13-7-6-10(8-16-13)15-9-11-4-3-5-12(14)17-11/h3-8,15H,2,9H2,1H3. The molecule has 0 aliphatic carbocycles. The van der Waals surface area contributed by atoms with Crippen molar-refractivity contribution in [1.29, 1.82) is 0 Å². The van der Waals surface area contributed by atoms with E-state index in [-0.39, 0.29) is 0 Å². The Morgan fingerprint density at radius 1 is 1.28 bits per heavy atom. The normalized spacial score (nSPS) is 10.1. The molecular weight excluding hydrogens is 294 g/mol. The number of halogens is 1. The largest absolute Gasteiger partial charge is 0.478 e. The van der Waals surface area contributed by atoms with Crippen LogP contribution in [0, 0.1) is 0 Å². The van der Waals surface area contributed by atoms with Gasteiger partial charge in [0.1, 0.15) is 4.60 Å². The van der Waals surface area contributed by atoms with E-state index in [2.05, 4.69) is 31.2 Å². The highest BCUT2D eigenvalue weighted by Crippen LogP contribution is 2.13. The van der Waals surface area contributed by atoms with Gasteiger partial charge in [-0.1, -0.05) is 6.07 Å². The Labute approximate surface area is 115 Å². The van der Waals surface area contributed by atoms with Crippen molar-refractivity contribution in [3.05, 3.63) is 46.8 Å². The maximum atomic E-state index is 5.28. The van der Waals surface area contributed by atoms with Crippen molar-refractivity contribution in [3.8, 4) is 5.88 Å². The first-order valence-electron chi connectivity index (χ1n) is 5.72. The third kappa shape index (κ3) is 3.70. The average Bonchev–Trinajstić information content (AvgIpc) is 2.38. The summed E-state index contributed by atoms with van der Waals surface area (Å²) in [6.07, 6.45) is 1.75. The summed E-state index contributed by atoms with van der Waals surface area (Å²) in [6.45, 7) is 3.23. The molecule has 0 spiro atoms. The topological polar surface area (TPSA) is 47.0 Å². The summed E-state index contributed by atoms with van der Waals surface area (Å²) in [7, 11) is 0. The molecule has 2 heterocycles. The molecule has 2 aromatic heterocycles. The van der Waals surface area contributed by atoms with Crippen molar-refractivity contribution in [2.24, 2.45) is 0 Å². The molecule has 0 fully saturated rings. The summed E-state index contributed by atoms with van der Waals surface area (Å²) in [5.41, 5.74) is 1.92. The van der Waals surface area contributed by atoms with Crippen LogP contribution in [0.2, 0.25) is 0 Å². The van der Waals surface area contributed by atoms with Crippen LogP contribution in [-0.4, -0.2) is 16.6 Å². The molecule has 4 nitrogen and oxygen atoms in total. The van der Waals surface area contributed by atoms with Gasteiger partial charge in [0.25, 0.3) is 0 Å². The molecule has 2 aromatic rings. The lowest BCUT2D eigenvalue weighted by molar-refractivity contribution is 0.327. The second-order valence-corrected chi connectivity index (χ2v) is 4.44. The highest BCUT2D eigenvalue weighted by Gasteiger charge is 1.98. The molecule has 0 aromatic carbocycles. The van der Waals surface area contributed by atoms with Crippen molar-refractivity contribution >= 4 is 21.6 Å². The van der Waals surface area contributed by atoms with Crippen LogP contribution in [0.1, 0.15) is 12.6 Å². The molecule has 0 bridgehead atoms. The highest BCUT2D eigenvalue weighted by atomic mass is 79.9. The third-order valence-corrected chi connectivity index (χ3v) is 2.72. The van der Waals surface area contributed by atoms with Gasteiger partial charge in [0.2, 0.25) is 5.88 Å². The van der Waals surface area contributed by atoms with Gasteiger partial charge >= 0.3 is 0 Å². The number of aromatic nitrogens is 2. The van der Waals surface area contributed by atoms with E-state index < -0.39 is 0 Å². The zero-order chi connectivity index (χ0) is 12.8. The zero-order valence-corrected chi connectivity index (χ0v) is 11.6. The van der Waals surface area contributed by atoms with Gasteiger partial charge in [-0.25, -0.2) is 9.97 Å².